The van der Waals surface area contributed by atoms with Crippen LogP contribution in [0.15, 0.2) is 41.3 Å². The lowest BCUT2D eigenvalue weighted by molar-refractivity contribution is -0.237. The summed E-state index contributed by atoms with van der Waals surface area (Å²) in [5.41, 5.74) is -0.0574. The van der Waals surface area contributed by atoms with Crippen molar-refractivity contribution in [1.29, 1.82) is 0 Å². The maximum absolute atomic E-state index is 12.9. The minimum Gasteiger partial charge on any atom is -0.347 e. The van der Waals surface area contributed by atoms with Crippen molar-refractivity contribution in [1.82, 2.24) is 0 Å². The molecule has 2 fully saturated rings. The Bertz CT molecular complexity index is 851. The van der Waals surface area contributed by atoms with Crippen LogP contribution in [0.5, 0.6) is 0 Å². The Morgan fingerprint density at radius 3 is 2.46 bits per heavy atom. The number of carbonyl (C=O) groups excluding carboxylic acids is 1. The van der Waals surface area contributed by atoms with Crippen molar-refractivity contribution in [3.05, 3.63) is 42.0 Å². The highest BCUT2D eigenvalue weighted by Crippen LogP contribution is 2.54. The summed E-state index contributed by atoms with van der Waals surface area (Å²) in [5, 5.41) is 0. The summed E-state index contributed by atoms with van der Waals surface area (Å²) < 4.78 is 42.1. The molecule has 0 radical (unpaired) electrons. The van der Waals surface area contributed by atoms with Crippen molar-refractivity contribution in [2.24, 2.45) is 17.3 Å². The third-order valence-electron chi connectivity index (χ3n) is 5.70. The minimum absolute atomic E-state index is 0.0196. The van der Waals surface area contributed by atoms with Gasteiger partial charge in [0.05, 0.1) is 30.1 Å². The third-order valence-corrected chi connectivity index (χ3v) is 6.98. The maximum atomic E-state index is 12.9. The number of ketones is 1. The monoisotopic (exact) mass is 378 g/mol. The number of Topliss-reactive ketones (excluding diaryl/α,β-unsaturated/α-hetero) is 1. The van der Waals surface area contributed by atoms with E-state index in [2.05, 4.69) is 0 Å². The van der Waals surface area contributed by atoms with Crippen LogP contribution in [0.25, 0.3) is 0 Å². The van der Waals surface area contributed by atoms with Gasteiger partial charge in [-0.2, -0.15) is 8.42 Å². The van der Waals surface area contributed by atoms with Gasteiger partial charge >= 0.3 is 0 Å². The van der Waals surface area contributed by atoms with E-state index in [9.17, 15) is 13.2 Å². The lowest BCUT2D eigenvalue weighted by Crippen LogP contribution is -2.61. The molecule has 1 aliphatic heterocycles. The van der Waals surface area contributed by atoms with Crippen LogP contribution in [0, 0.1) is 24.2 Å². The smallest absolute Gasteiger partial charge is 0.297 e. The van der Waals surface area contributed by atoms with Crippen LogP contribution < -0.4 is 0 Å². The zero-order chi connectivity index (χ0) is 18.6. The van der Waals surface area contributed by atoms with E-state index in [-0.39, 0.29) is 29.1 Å². The van der Waals surface area contributed by atoms with E-state index in [1.165, 1.54) is 12.1 Å². The molecule has 6 nitrogen and oxygen atoms in total. The van der Waals surface area contributed by atoms with Gasteiger partial charge in [-0.1, -0.05) is 29.8 Å². The molecule has 1 aromatic carbocycles. The Kier molecular flexibility index (Phi) is 4.11. The van der Waals surface area contributed by atoms with Gasteiger partial charge in [-0.25, -0.2) is 0 Å². The third kappa shape index (κ3) is 2.65. The summed E-state index contributed by atoms with van der Waals surface area (Å²) in [4.78, 5) is 13.0. The van der Waals surface area contributed by atoms with Gasteiger partial charge in [-0.15, -0.1) is 0 Å². The first-order valence-corrected chi connectivity index (χ1v) is 10.1. The van der Waals surface area contributed by atoms with Gasteiger partial charge in [0.25, 0.3) is 10.1 Å². The quantitative estimate of drug-likeness (QED) is 0.590. The second kappa shape index (κ2) is 5.99. The molecule has 1 saturated carbocycles. The number of fused-ring (bicyclic) bond motifs is 1. The molecule has 0 aromatic heterocycles. The Balaban J connectivity index is 1.59. The molecule has 7 heteroatoms. The zero-order valence-electron chi connectivity index (χ0n) is 14.8. The standard InChI is InChI=1S/C19H22O6S/c1-13-3-6-15(7-4-13)26(21,22)25-12-18(2)16-8-5-14(17(18)20)11-19(16)23-9-10-24-19/h3-8,14,16H,9-12H2,1-2H3/t14-,16+,18-/m0/s1. The molecular formula is C19H22O6S. The number of carbonyl (C=O) groups is 1. The molecule has 5 rings (SSSR count). The fourth-order valence-electron chi connectivity index (χ4n) is 4.25. The van der Waals surface area contributed by atoms with Gasteiger partial charge in [0, 0.05) is 18.3 Å². The molecule has 1 heterocycles. The second-order valence-corrected chi connectivity index (χ2v) is 9.11. The number of aryl methyl sites for hydroxylation is 1. The number of ether oxygens (including phenoxy) is 2. The molecule has 3 atom stereocenters. The van der Waals surface area contributed by atoms with Gasteiger partial charge in [-0.05, 0) is 26.0 Å². The highest BCUT2D eigenvalue weighted by molar-refractivity contribution is 7.86. The highest BCUT2D eigenvalue weighted by Gasteiger charge is 2.63. The number of hydrogen-bond acceptors (Lipinski definition) is 6. The van der Waals surface area contributed by atoms with Crippen molar-refractivity contribution in [2.45, 2.75) is 31.0 Å². The molecular weight excluding hydrogens is 356 g/mol. The van der Waals surface area contributed by atoms with Crippen molar-refractivity contribution in [3.8, 4) is 0 Å². The number of allylic oxidation sites excluding steroid dienone is 1. The SMILES string of the molecule is Cc1ccc(S(=O)(=O)OC[C@]2(C)C(=O)[C@H]3C=C[C@H]2C2(C3)OCCO2)cc1. The maximum Gasteiger partial charge on any atom is 0.297 e. The van der Waals surface area contributed by atoms with Gasteiger partial charge in [0.15, 0.2) is 5.79 Å². The summed E-state index contributed by atoms with van der Waals surface area (Å²) in [6, 6.07) is 6.44. The van der Waals surface area contributed by atoms with Gasteiger partial charge in [0.1, 0.15) is 5.78 Å². The first kappa shape index (κ1) is 17.9. The van der Waals surface area contributed by atoms with Crippen molar-refractivity contribution in [2.75, 3.05) is 19.8 Å². The summed E-state index contributed by atoms with van der Waals surface area (Å²) in [7, 11) is -3.95. The van der Waals surface area contributed by atoms with E-state index in [0.29, 0.717) is 19.6 Å². The van der Waals surface area contributed by atoms with E-state index in [1.54, 1.807) is 19.1 Å². The van der Waals surface area contributed by atoms with E-state index in [1.807, 2.05) is 19.1 Å². The van der Waals surface area contributed by atoms with Crippen LogP contribution >= 0.6 is 0 Å². The predicted octanol–water partition coefficient (Wildman–Crippen LogP) is 2.22. The summed E-state index contributed by atoms with van der Waals surface area (Å²) >= 11 is 0. The van der Waals surface area contributed by atoms with Crippen molar-refractivity contribution in [3.63, 3.8) is 0 Å². The largest absolute Gasteiger partial charge is 0.347 e. The molecule has 26 heavy (non-hydrogen) atoms. The van der Waals surface area contributed by atoms with Gasteiger partial charge < -0.3 is 9.47 Å². The van der Waals surface area contributed by atoms with E-state index < -0.39 is 21.3 Å². The van der Waals surface area contributed by atoms with Gasteiger partial charge in [-0.3, -0.25) is 8.98 Å². The van der Waals surface area contributed by atoms with Crippen LogP contribution in [0.4, 0.5) is 0 Å². The zero-order valence-corrected chi connectivity index (χ0v) is 15.6. The van der Waals surface area contributed by atoms with Crippen LogP contribution in [0.3, 0.4) is 0 Å². The fourth-order valence-corrected chi connectivity index (χ4v) is 5.26. The molecule has 3 aliphatic carbocycles. The van der Waals surface area contributed by atoms with E-state index in [4.69, 9.17) is 13.7 Å². The molecule has 1 aromatic rings. The van der Waals surface area contributed by atoms with Crippen molar-refractivity contribution >= 4 is 15.9 Å². The number of benzene rings is 1. The topological polar surface area (TPSA) is 78.9 Å². The first-order chi connectivity index (χ1) is 12.3. The molecule has 1 saturated heterocycles. The van der Waals surface area contributed by atoms with Crippen LogP contribution in [0.2, 0.25) is 0 Å². The minimum atomic E-state index is -3.95. The molecule has 2 bridgehead atoms. The molecule has 140 valence electrons. The normalized spacial score (nSPS) is 32.5. The summed E-state index contributed by atoms with van der Waals surface area (Å²) in [6.07, 6.45) is 4.27. The molecule has 0 unspecified atom stereocenters. The predicted molar refractivity (Wildman–Crippen MR) is 92.8 cm³/mol. The fraction of sp³-hybridized carbons (Fsp3) is 0.526. The Morgan fingerprint density at radius 1 is 1.15 bits per heavy atom. The molecule has 1 spiro atoms. The van der Waals surface area contributed by atoms with E-state index >= 15 is 0 Å². The van der Waals surface area contributed by atoms with Crippen LogP contribution in [-0.2, 0) is 28.6 Å². The Hall–Kier alpha value is -1.54. The first-order valence-electron chi connectivity index (χ1n) is 8.74. The lowest BCUT2D eigenvalue weighted by atomic mass is 9.57. The molecule has 0 amide bonds. The lowest BCUT2D eigenvalue weighted by Gasteiger charge is -2.52. The van der Waals surface area contributed by atoms with Crippen LogP contribution in [0.1, 0.15) is 18.9 Å². The highest BCUT2D eigenvalue weighted by atomic mass is 32.2. The Labute approximate surface area is 153 Å². The summed E-state index contributed by atoms with van der Waals surface area (Å²) in [5.74, 6) is -1.58. The average Bonchev–Trinajstić information content (AvgIpc) is 3.06. The van der Waals surface area contributed by atoms with Crippen LogP contribution in [-0.4, -0.2) is 39.8 Å². The Morgan fingerprint density at radius 2 is 1.81 bits per heavy atom. The second-order valence-electron chi connectivity index (χ2n) is 7.49. The summed E-state index contributed by atoms with van der Waals surface area (Å²) in [6.45, 7) is 4.34. The van der Waals surface area contributed by atoms with Gasteiger partial charge in [0.2, 0.25) is 0 Å². The van der Waals surface area contributed by atoms with Crippen molar-refractivity contribution < 1.29 is 26.9 Å². The number of rotatable bonds is 4. The average molecular weight is 378 g/mol. The number of hydrogen-bond donors (Lipinski definition) is 0. The van der Waals surface area contributed by atoms with E-state index in [0.717, 1.165) is 5.56 Å². The molecule has 4 aliphatic rings. The molecule has 0 N–H and O–H groups in total.